The summed E-state index contributed by atoms with van der Waals surface area (Å²) >= 11 is 1.42. The zero-order valence-corrected chi connectivity index (χ0v) is 13.4. The third kappa shape index (κ3) is 2.73. The van der Waals surface area contributed by atoms with Crippen LogP contribution in [0.1, 0.15) is 44.0 Å². The lowest BCUT2D eigenvalue weighted by Gasteiger charge is -2.24. The lowest BCUT2D eigenvalue weighted by Crippen LogP contribution is -2.29. The number of rotatable bonds is 2. The second-order valence-electron chi connectivity index (χ2n) is 6.34. The van der Waals surface area contributed by atoms with Crippen molar-refractivity contribution in [2.24, 2.45) is 5.41 Å². The van der Waals surface area contributed by atoms with Gasteiger partial charge in [0.1, 0.15) is 11.5 Å². The first kappa shape index (κ1) is 15.4. The van der Waals surface area contributed by atoms with Crippen molar-refractivity contribution in [2.75, 3.05) is 11.5 Å². The molecular weight excluding hydrogens is 296 g/mol. The van der Waals surface area contributed by atoms with E-state index in [0.717, 1.165) is 5.01 Å². The maximum Gasteiger partial charge on any atom is 0.152 e. The Bertz CT molecular complexity index is 652. The van der Waals surface area contributed by atoms with Crippen molar-refractivity contribution in [3.05, 3.63) is 16.1 Å². The van der Waals surface area contributed by atoms with E-state index in [1.54, 1.807) is 5.38 Å². The van der Waals surface area contributed by atoms with Gasteiger partial charge in [-0.3, -0.25) is 0 Å². The van der Waals surface area contributed by atoms with Crippen molar-refractivity contribution in [2.45, 2.75) is 38.7 Å². The highest BCUT2D eigenvalue weighted by Gasteiger charge is 2.49. The Morgan fingerprint density at radius 2 is 2.20 bits per heavy atom. The van der Waals surface area contributed by atoms with Crippen LogP contribution < -0.4 is 0 Å². The second kappa shape index (κ2) is 4.79. The number of hydrogen-bond donors (Lipinski definition) is 1. The number of nitriles is 1. The Balaban J connectivity index is 2.34. The maximum atomic E-state index is 11.6. The van der Waals surface area contributed by atoms with Gasteiger partial charge in [0.05, 0.1) is 28.3 Å². The molecular formula is C13H18N2O3S2. The number of thiazole rings is 1. The standard InChI is InChI=1S/C13H18N2O3S2/c1-12(2,3)11-15-9(6-19-11)10(16)13(7-14)4-5-20(17,18)8-13/h6,10,16H,4-5,8H2,1-3H3. The average molecular weight is 314 g/mol. The molecule has 1 N–H and O–H groups in total. The minimum atomic E-state index is -3.25. The Kier molecular flexibility index (Phi) is 3.70. The summed E-state index contributed by atoms with van der Waals surface area (Å²) in [6.45, 7) is 6.05. The van der Waals surface area contributed by atoms with Gasteiger partial charge in [0, 0.05) is 10.8 Å². The molecule has 0 amide bonds. The van der Waals surface area contributed by atoms with Crippen molar-refractivity contribution in [1.29, 1.82) is 5.26 Å². The molecule has 5 nitrogen and oxygen atoms in total. The van der Waals surface area contributed by atoms with Gasteiger partial charge in [0.15, 0.2) is 9.84 Å². The molecule has 110 valence electrons. The van der Waals surface area contributed by atoms with E-state index in [1.807, 2.05) is 26.8 Å². The summed E-state index contributed by atoms with van der Waals surface area (Å²) in [4.78, 5) is 4.39. The summed E-state index contributed by atoms with van der Waals surface area (Å²) in [6.07, 6.45) is -0.993. The molecule has 2 rings (SSSR count). The van der Waals surface area contributed by atoms with E-state index in [-0.39, 0.29) is 23.3 Å². The van der Waals surface area contributed by atoms with Crippen LogP contribution in [0.4, 0.5) is 0 Å². The lowest BCUT2D eigenvalue weighted by atomic mass is 9.82. The Hall–Kier alpha value is -0.970. The zero-order chi connectivity index (χ0) is 15.2. The number of hydrogen-bond acceptors (Lipinski definition) is 6. The van der Waals surface area contributed by atoms with Crippen LogP contribution >= 0.6 is 11.3 Å². The van der Waals surface area contributed by atoms with Gasteiger partial charge in [0.2, 0.25) is 0 Å². The maximum absolute atomic E-state index is 11.6. The normalized spacial score (nSPS) is 27.1. The molecule has 0 bridgehead atoms. The van der Waals surface area contributed by atoms with Crippen molar-refractivity contribution >= 4 is 21.2 Å². The fourth-order valence-electron chi connectivity index (χ4n) is 2.28. The number of nitrogens with zero attached hydrogens (tertiary/aromatic N) is 2. The molecule has 0 aromatic carbocycles. The van der Waals surface area contributed by atoms with Crippen LogP contribution in [0.5, 0.6) is 0 Å². The molecule has 0 radical (unpaired) electrons. The van der Waals surface area contributed by atoms with E-state index >= 15 is 0 Å². The number of aliphatic hydroxyl groups is 1. The third-order valence-corrected chi connectivity index (χ3v) is 6.59. The Labute approximate surface area is 123 Å². The van der Waals surface area contributed by atoms with Gasteiger partial charge < -0.3 is 5.11 Å². The highest BCUT2D eigenvalue weighted by atomic mass is 32.2. The summed E-state index contributed by atoms with van der Waals surface area (Å²) in [7, 11) is -3.25. The van der Waals surface area contributed by atoms with Crippen LogP contribution in [-0.4, -0.2) is 30.0 Å². The van der Waals surface area contributed by atoms with Crippen molar-refractivity contribution in [3.63, 3.8) is 0 Å². The van der Waals surface area contributed by atoms with Gasteiger partial charge in [-0.2, -0.15) is 5.26 Å². The second-order valence-corrected chi connectivity index (χ2v) is 9.38. The van der Waals surface area contributed by atoms with E-state index in [9.17, 15) is 18.8 Å². The molecule has 1 aromatic rings. The van der Waals surface area contributed by atoms with E-state index in [4.69, 9.17) is 0 Å². The molecule has 7 heteroatoms. The molecule has 20 heavy (non-hydrogen) atoms. The molecule has 2 heterocycles. The predicted octanol–water partition coefficient (Wildman–Crippen LogP) is 1.80. The van der Waals surface area contributed by atoms with Crippen LogP contribution in [0.2, 0.25) is 0 Å². The quantitative estimate of drug-likeness (QED) is 0.899. The Morgan fingerprint density at radius 1 is 1.55 bits per heavy atom. The third-order valence-electron chi connectivity index (χ3n) is 3.53. The molecule has 1 aromatic heterocycles. The fourth-order valence-corrected chi connectivity index (χ4v) is 5.18. The number of sulfone groups is 1. The van der Waals surface area contributed by atoms with Crippen molar-refractivity contribution in [3.8, 4) is 6.07 Å². The molecule has 1 aliphatic rings. The minimum absolute atomic E-state index is 0.0477. The minimum Gasteiger partial charge on any atom is -0.385 e. The van der Waals surface area contributed by atoms with Crippen molar-refractivity contribution < 1.29 is 13.5 Å². The van der Waals surface area contributed by atoms with Gasteiger partial charge in [-0.1, -0.05) is 20.8 Å². The number of aliphatic hydroxyl groups excluding tert-OH is 1. The lowest BCUT2D eigenvalue weighted by molar-refractivity contribution is 0.0757. The van der Waals surface area contributed by atoms with Crippen LogP contribution in [0.15, 0.2) is 5.38 Å². The molecule has 0 saturated carbocycles. The van der Waals surface area contributed by atoms with E-state index in [0.29, 0.717) is 5.69 Å². The fraction of sp³-hybridized carbons (Fsp3) is 0.692. The van der Waals surface area contributed by atoms with E-state index in [2.05, 4.69) is 4.98 Å². The monoisotopic (exact) mass is 314 g/mol. The van der Waals surface area contributed by atoms with Crippen LogP contribution in [0.3, 0.4) is 0 Å². The van der Waals surface area contributed by atoms with Crippen LogP contribution in [-0.2, 0) is 15.3 Å². The highest BCUT2D eigenvalue weighted by molar-refractivity contribution is 7.91. The first-order valence-corrected chi connectivity index (χ1v) is 9.05. The number of aromatic nitrogens is 1. The molecule has 0 aliphatic carbocycles. The summed E-state index contributed by atoms with van der Waals surface area (Å²) in [6, 6.07) is 2.01. The first-order chi connectivity index (χ1) is 9.10. The van der Waals surface area contributed by atoms with Crippen LogP contribution in [0.25, 0.3) is 0 Å². The van der Waals surface area contributed by atoms with Crippen LogP contribution in [0, 0.1) is 16.7 Å². The molecule has 0 spiro atoms. The van der Waals surface area contributed by atoms with E-state index < -0.39 is 21.4 Å². The molecule has 1 saturated heterocycles. The Morgan fingerprint density at radius 3 is 2.60 bits per heavy atom. The summed E-state index contributed by atoms with van der Waals surface area (Å²) in [5.74, 6) is -0.339. The van der Waals surface area contributed by atoms with Gasteiger partial charge in [0.25, 0.3) is 0 Å². The largest absolute Gasteiger partial charge is 0.385 e. The first-order valence-electron chi connectivity index (χ1n) is 6.35. The summed E-state index contributed by atoms with van der Waals surface area (Å²) in [5, 5.41) is 22.4. The van der Waals surface area contributed by atoms with Gasteiger partial charge in [-0.15, -0.1) is 11.3 Å². The van der Waals surface area contributed by atoms with E-state index in [1.165, 1.54) is 11.3 Å². The summed E-state index contributed by atoms with van der Waals surface area (Å²) < 4.78 is 23.3. The van der Waals surface area contributed by atoms with Gasteiger partial charge >= 0.3 is 0 Å². The molecule has 1 aliphatic heterocycles. The van der Waals surface area contributed by atoms with Crippen molar-refractivity contribution in [1.82, 2.24) is 4.98 Å². The topological polar surface area (TPSA) is 91.1 Å². The highest BCUT2D eigenvalue weighted by Crippen LogP contribution is 2.43. The van der Waals surface area contributed by atoms with Gasteiger partial charge in [-0.05, 0) is 6.42 Å². The van der Waals surface area contributed by atoms with Gasteiger partial charge in [-0.25, -0.2) is 13.4 Å². The molecule has 2 atom stereocenters. The SMILES string of the molecule is CC(C)(C)c1nc(C(O)C2(C#N)CCS(=O)(=O)C2)cs1. The summed E-state index contributed by atoms with van der Waals surface area (Å²) in [5.41, 5.74) is -0.995. The average Bonchev–Trinajstić information content (AvgIpc) is 2.92. The smallest absolute Gasteiger partial charge is 0.152 e. The molecule has 1 fully saturated rings. The predicted molar refractivity (Wildman–Crippen MR) is 77.1 cm³/mol. The molecule has 2 unspecified atom stereocenters. The zero-order valence-electron chi connectivity index (χ0n) is 11.8.